The van der Waals surface area contributed by atoms with Gasteiger partial charge in [0.15, 0.2) is 0 Å². The molecule has 0 saturated heterocycles. The number of hydrogen-bond donors (Lipinski definition) is 0. The summed E-state index contributed by atoms with van der Waals surface area (Å²) >= 11 is 0. The predicted octanol–water partition coefficient (Wildman–Crippen LogP) is 3.99. The Morgan fingerprint density at radius 2 is 1.65 bits per heavy atom. The molecule has 1 radical (unpaired) electrons. The van der Waals surface area contributed by atoms with Crippen molar-refractivity contribution in [3.63, 3.8) is 0 Å². The van der Waals surface area contributed by atoms with Crippen LogP contribution < -0.4 is 0 Å². The second-order valence-electron chi connectivity index (χ2n) is 4.83. The lowest BCUT2D eigenvalue weighted by molar-refractivity contribution is 0.452. The minimum absolute atomic E-state index is 0.363. The smallest absolute Gasteiger partial charge is 0.214 e. The van der Waals surface area contributed by atoms with Crippen LogP contribution in [0.4, 0.5) is 0 Å². The zero-order chi connectivity index (χ0) is 12.3. The Hall–Kier alpha value is -0.603. The van der Waals surface area contributed by atoms with Gasteiger partial charge in [0.05, 0.1) is 0 Å². The summed E-state index contributed by atoms with van der Waals surface area (Å²) in [4.78, 5) is 11.3. The molecule has 0 aliphatic rings. The zero-order valence-corrected chi connectivity index (χ0v) is 12.4. The van der Waals surface area contributed by atoms with E-state index in [1.54, 1.807) is 0 Å². The molecule has 95 valence electrons. The van der Waals surface area contributed by atoms with Crippen LogP contribution in [-0.2, 0) is 4.80 Å². The summed E-state index contributed by atoms with van der Waals surface area (Å²) in [5.74, 6) is 0. The quantitative estimate of drug-likeness (QED) is 0.466. The van der Waals surface area contributed by atoms with Crippen LogP contribution in [-0.4, -0.2) is 9.76 Å². The van der Waals surface area contributed by atoms with E-state index in [0.717, 1.165) is 6.42 Å². The Labute approximate surface area is 108 Å². The number of unbranched alkanes of at least 4 members (excludes halogenated alkanes) is 5. The number of hydrogen-bond acceptors (Lipinski definition) is 0. The highest BCUT2D eigenvalue weighted by Crippen LogP contribution is 2.21. The van der Waals surface area contributed by atoms with Crippen LogP contribution in [0.5, 0.6) is 0 Å². The Morgan fingerprint density at radius 1 is 1.00 bits per heavy atom. The molecule has 0 spiro atoms. The lowest BCUT2D eigenvalue weighted by Gasteiger charge is -2.12. The monoisotopic (exact) mass is 249 g/mol. The molecule has 1 atom stereocenters. The molecule has 0 aliphatic heterocycles. The normalized spacial score (nSPS) is 13.3. The van der Waals surface area contributed by atoms with Crippen molar-refractivity contribution >= 4 is 9.76 Å². The molecule has 0 aromatic heterocycles. The first kappa shape index (κ1) is 14.5. The van der Waals surface area contributed by atoms with Gasteiger partial charge in [-0.25, -0.2) is 0 Å². The highest BCUT2D eigenvalue weighted by atomic mass is 28.2. The molecular formula is C15H25OSi. The van der Waals surface area contributed by atoms with E-state index < -0.39 is 9.76 Å². The molecule has 1 nitrogen and oxygen atoms in total. The van der Waals surface area contributed by atoms with Gasteiger partial charge in [-0.05, 0) is 12.0 Å². The van der Waals surface area contributed by atoms with E-state index in [1.165, 1.54) is 44.1 Å². The van der Waals surface area contributed by atoms with Gasteiger partial charge in [0.25, 0.3) is 0 Å². The fraction of sp³-hybridized carbons (Fsp3) is 0.600. The Bertz CT molecular complexity index is 274. The molecule has 0 amide bonds. The first-order valence-corrected chi connectivity index (χ1v) is 8.41. The van der Waals surface area contributed by atoms with E-state index in [-0.39, 0.29) is 0 Å². The lowest BCUT2D eigenvalue weighted by atomic mass is 10.0. The second kappa shape index (κ2) is 9.43. The highest BCUT2D eigenvalue weighted by molar-refractivity contribution is 6.27. The van der Waals surface area contributed by atoms with Crippen molar-refractivity contribution in [1.29, 1.82) is 0 Å². The molecule has 0 saturated carbocycles. The third-order valence-electron chi connectivity index (χ3n) is 3.38. The van der Waals surface area contributed by atoms with Crippen LogP contribution in [0.15, 0.2) is 30.3 Å². The van der Waals surface area contributed by atoms with E-state index in [9.17, 15) is 4.80 Å². The maximum Gasteiger partial charge on any atom is 0.214 e. The summed E-state index contributed by atoms with van der Waals surface area (Å²) in [5.41, 5.74) is 1.64. The van der Waals surface area contributed by atoms with E-state index in [4.69, 9.17) is 0 Å². The zero-order valence-electron chi connectivity index (χ0n) is 11.0. The maximum absolute atomic E-state index is 11.3. The first-order chi connectivity index (χ1) is 8.38. The van der Waals surface area contributed by atoms with Crippen molar-refractivity contribution in [3.05, 3.63) is 35.9 Å². The van der Waals surface area contributed by atoms with Gasteiger partial charge in [0, 0.05) is 5.54 Å². The van der Waals surface area contributed by atoms with Gasteiger partial charge >= 0.3 is 0 Å². The maximum atomic E-state index is 11.3. The summed E-state index contributed by atoms with van der Waals surface area (Å²) < 4.78 is 0. The minimum Gasteiger partial charge on any atom is -0.306 e. The van der Waals surface area contributed by atoms with Crippen LogP contribution in [0.25, 0.3) is 0 Å². The largest absolute Gasteiger partial charge is 0.306 e. The van der Waals surface area contributed by atoms with Gasteiger partial charge < -0.3 is 4.80 Å². The average molecular weight is 249 g/mol. The molecule has 2 heteroatoms. The molecule has 0 aliphatic carbocycles. The van der Waals surface area contributed by atoms with Gasteiger partial charge in [0.2, 0.25) is 9.76 Å². The average Bonchev–Trinajstić information content (AvgIpc) is 2.39. The summed E-state index contributed by atoms with van der Waals surface area (Å²) in [5, 5.41) is 0. The van der Waals surface area contributed by atoms with Crippen molar-refractivity contribution in [1.82, 2.24) is 0 Å². The van der Waals surface area contributed by atoms with Gasteiger partial charge in [-0.1, -0.05) is 75.8 Å². The summed E-state index contributed by atoms with van der Waals surface area (Å²) in [6, 6.07) is 10.4. The summed E-state index contributed by atoms with van der Waals surface area (Å²) in [6.07, 6.45) is 9.03. The number of benzene rings is 1. The third-order valence-corrected chi connectivity index (χ3v) is 4.66. The topological polar surface area (TPSA) is 19.9 Å². The van der Waals surface area contributed by atoms with Crippen LogP contribution in [0, 0.1) is 0 Å². The van der Waals surface area contributed by atoms with E-state index >= 15 is 0 Å². The molecule has 17 heavy (non-hydrogen) atoms. The Morgan fingerprint density at radius 3 is 2.29 bits per heavy atom. The Balaban J connectivity index is 2.20. The molecule has 1 unspecified atom stereocenters. The standard InChI is InChI=1S/C15H25OSi/c1-2-3-4-5-6-10-13-15(17-16)14-11-8-7-9-12-14/h7-9,11-12,15H,2-6,10,13,17H2,1H3. The second-order valence-corrected chi connectivity index (χ2v) is 6.15. The van der Waals surface area contributed by atoms with Gasteiger partial charge in [-0.2, -0.15) is 0 Å². The SMILES string of the molecule is CCCCCCCCC([SiH2][O])c1ccccc1. The summed E-state index contributed by atoms with van der Waals surface area (Å²) in [6.45, 7) is 2.24. The molecule has 1 rings (SSSR count). The first-order valence-electron chi connectivity index (χ1n) is 7.01. The van der Waals surface area contributed by atoms with Crippen molar-refractivity contribution in [2.75, 3.05) is 0 Å². The molecule has 1 aromatic carbocycles. The van der Waals surface area contributed by atoms with Crippen molar-refractivity contribution < 1.29 is 4.80 Å². The third kappa shape index (κ3) is 6.04. The van der Waals surface area contributed by atoms with Gasteiger partial charge in [0.1, 0.15) is 0 Å². The van der Waals surface area contributed by atoms with Gasteiger partial charge in [-0.3, -0.25) is 0 Å². The van der Waals surface area contributed by atoms with Crippen LogP contribution in [0.3, 0.4) is 0 Å². The molecule has 1 aromatic rings. The fourth-order valence-corrected chi connectivity index (χ4v) is 3.16. The van der Waals surface area contributed by atoms with Crippen LogP contribution in [0.1, 0.15) is 63.0 Å². The van der Waals surface area contributed by atoms with E-state index in [1.807, 2.05) is 18.2 Å². The fourth-order valence-electron chi connectivity index (χ4n) is 2.24. The molecular weight excluding hydrogens is 224 g/mol. The van der Waals surface area contributed by atoms with Crippen LogP contribution in [0.2, 0.25) is 0 Å². The molecule has 0 heterocycles. The van der Waals surface area contributed by atoms with Crippen LogP contribution >= 0.6 is 0 Å². The van der Waals surface area contributed by atoms with E-state index in [2.05, 4.69) is 19.1 Å². The molecule has 0 bridgehead atoms. The predicted molar refractivity (Wildman–Crippen MR) is 76.4 cm³/mol. The minimum atomic E-state index is -1.16. The van der Waals surface area contributed by atoms with Crippen molar-refractivity contribution in [2.24, 2.45) is 0 Å². The molecule has 0 N–H and O–H groups in total. The lowest BCUT2D eigenvalue weighted by Crippen LogP contribution is -2.06. The molecule has 0 fully saturated rings. The van der Waals surface area contributed by atoms with Gasteiger partial charge in [-0.15, -0.1) is 0 Å². The van der Waals surface area contributed by atoms with Crippen molar-refractivity contribution in [3.8, 4) is 0 Å². The summed E-state index contributed by atoms with van der Waals surface area (Å²) in [7, 11) is -1.16. The van der Waals surface area contributed by atoms with Crippen molar-refractivity contribution in [2.45, 2.75) is 57.4 Å². The highest BCUT2D eigenvalue weighted by Gasteiger charge is 2.10. The Kier molecular flexibility index (Phi) is 8.02. The number of rotatable bonds is 9. The van der Waals surface area contributed by atoms with E-state index in [0.29, 0.717) is 5.54 Å².